The van der Waals surface area contributed by atoms with Gasteiger partial charge in [0, 0.05) is 66.3 Å². The summed E-state index contributed by atoms with van der Waals surface area (Å²) < 4.78 is 5.64. The predicted molar refractivity (Wildman–Crippen MR) is 149 cm³/mol. The van der Waals surface area contributed by atoms with E-state index >= 15 is 0 Å². The summed E-state index contributed by atoms with van der Waals surface area (Å²) in [6.45, 7) is 3.18. The summed E-state index contributed by atoms with van der Waals surface area (Å²) in [6, 6.07) is 18.3. The molecule has 1 saturated heterocycles. The number of amides is 1. The molecule has 7 heteroatoms. The Bertz CT molecular complexity index is 1570. The largest absolute Gasteiger partial charge is 0.381 e. The van der Waals surface area contributed by atoms with Crippen molar-refractivity contribution in [1.82, 2.24) is 19.9 Å². The molecular formula is C31H29N5O2. The molecule has 38 heavy (non-hydrogen) atoms. The first-order valence-corrected chi connectivity index (χ1v) is 13.0. The number of carbonyl (C=O) groups excluding carboxylic acids is 1. The summed E-state index contributed by atoms with van der Waals surface area (Å²) >= 11 is 0. The Labute approximate surface area is 221 Å². The number of ether oxygens (including phenoxy) is 1. The standard InChI is InChI=1S/C31H29N5O2/c1-2-21-15-25(18-32-17-21)24-5-8-28(34-19-24)36-30(37)31(10-13-38-14-11-31)27-6-3-22(4-7-27)26-16-23-9-12-33-29(23)35-20-26/h3-9,12,15-20H,2,10-11,13-14H2,1H3,(H,33,35)(H,34,36,37). The van der Waals surface area contributed by atoms with E-state index in [2.05, 4.69) is 68.6 Å². The molecule has 1 fully saturated rings. The quantitative estimate of drug-likeness (QED) is 0.299. The van der Waals surface area contributed by atoms with Crippen molar-refractivity contribution < 1.29 is 9.53 Å². The number of fused-ring (bicyclic) bond motifs is 1. The fourth-order valence-electron chi connectivity index (χ4n) is 5.16. The molecule has 190 valence electrons. The van der Waals surface area contributed by atoms with Crippen molar-refractivity contribution in [2.75, 3.05) is 18.5 Å². The molecule has 1 aliphatic heterocycles. The second kappa shape index (κ2) is 10.2. The summed E-state index contributed by atoms with van der Waals surface area (Å²) in [5.74, 6) is 0.477. The van der Waals surface area contributed by atoms with E-state index in [0.29, 0.717) is 31.9 Å². The topological polar surface area (TPSA) is 92.8 Å². The molecule has 5 heterocycles. The molecule has 4 aromatic heterocycles. The van der Waals surface area contributed by atoms with Crippen LogP contribution in [0.25, 0.3) is 33.3 Å². The van der Waals surface area contributed by atoms with Crippen LogP contribution in [0.5, 0.6) is 0 Å². The highest BCUT2D eigenvalue weighted by Gasteiger charge is 2.42. The number of aryl methyl sites for hydroxylation is 1. The third-order valence-electron chi connectivity index (χ3n) is 7.49. The Balaban J connectivity index is 1.24. The van der Waals surface area contributed by atoms with E-state index in [-0.39, 0.29) is 5.91 Å². The van der Waals surface area contributed by atoms with Gasteiger partial charge in [0.1, 0.15) is 11.5 Å². The highest BCUT2D eigenvalue weighted by atomic mass is 16.5. The number of hydrogen-bond acceptors (Lipinski definition) is 5. The van der Waals surface area contributed by atoms with Gasteiger partial charge in [-0.15, -0.1) is 0 Å². The Hall–Kier alpha value is -4.36. The summed E-state index contributed by atoms with van der Waals surface area (Å²) in [7, 11) is 0. The third-order valence-corrected chi connectivity index (χ3v) is 7.49. The summed E-state index contributed by atoms with van der Waals surface area (Å²) in [5, 5.41) is 4.15. The number of rotatable bonds is 6. The van der Waals surface area contributed by atoms with Crippen molar-refractivity contribution in [2.24, 2.45) is 0 Å². The van der Waals surface area contributed by atoms with Crippen molar-refractivity contribution in [3.63, 3.8) is 0 Å². The number of benzene rings is 1. The molecule has 2 N–H and O–H groups in total. The molecule has 6 rings (SSSR count). The van der Waals surface area contributed by atoms with Crippen LogP contribution in [0.3, 0.4) is 0 Å². The van der Waals surface area contributed by atoms with Crippen LogP contribution in [0, 0.1) is 0 Å². The second-order valence-corrected chi connectivity index (χ2v) is 9.73. The fourth-order valence-corrected chi connectivity index (χ4v) is 5.16. The lowest BCUT2D eigenvalue weighted by Crippen LogP contribution is -2.45. The van der Waals surface area contributed by atoms with Crippen molar-refractivity contribution in [2.45, 2.75) is 31.6 Å². The monoisotopic (exact) mass is 503 g/mol. The first-order valence-electron chi connectivity index (χ1n) is 13.0. The first kappa shape index (κ1) is 24.0. The van der Waals surface area contributed by atoms with Crippen LogP contribution in [0.1, 0.15) is 30.9 Å². The van der Waals surface area contributed by atoms with Crippen LogP contribution in [0.15, 0.2) is 85.6 Å². The Morgan fingerprint density at radius 2 is 1.66 bits per heavy atom. The molecule has 0 unspecified atom stereocenters. The molecular weight excluding hydrogens is 474 g/mol. The molecule has 0 spiro atoms. The number of nitrogens with one attached hydrogen (secondary N) is 2. The molecule has 1 aliphatic rings. The van der Waals surface area contributed by atoms with Gasteiger partial charge in [-0.1, -0.05) is 31.2 Å². The average molecular weight is 504 g/mol. The molecule has 0 radical (unpaired) electrons. The van der Waals surface area contributed by atoms with E-state index in [1.165, 1.54) is 5.56 Å². The second-order valence-electron chi connectivity index (χ2n) is 9.73. The van der Waals surface area contributed by atoms with Crippen LogP contribution >= 0.6 is 0 Å². The number of H-pyrrole nitrogens is 1. The normalized spacial score (nSPS) is 14.9. The van der Waals surface area contributed by atoms with Crippen molar-refractivity contribution in [3.8, 4) is 22.3 Å². The van der Waals surface area contributed by atoms with Crippen LogP contribution in [-0.2, 0) is 21.4 Å². The number of hydrogen-bond donors (Lipinski definition) is 2. The number of nitrogens with zero attached hydrogens (tertiary/aromatic N) is 3. The molecule has 0 bridgehead atoms. The summed E-state index contributed by atoms with van der Waals surface area (Å²) in [5.41, 5.74) is 6.43. The SMILES string of the molecule is CCc1cncc(-c2ccc(NC(=O)C3(c4ccc(-c5cnc6[nH]ccc6c5)cc4)CCOCC3)nc2)c1. The molecule has 0 saturated carbocycles. The minimum Gasteiger partial charge on any atom is -0.381 e. The highest BCUT2D eigenvalue weighted by molar-refractivity contribution is 5.99. The lowest BCUT2D eigenvalue weighted by molar-refractivity contribution is -0.125. The molecule has 0 aliphatic carbocycles. The van der Waals surface area contributed by atoms with Gasteiger partial charge in [-0.2, -0.15) is 0 Å². The van der Waals surface area contributed by atoms with Gasteiger partial charge in [0.25, 0.3) is 0 Å². The van der Waals surface area contributed by atoms with Gasteiger partial charge >= 0.3 is 0 Å². The molecule has 1 amide bonds. The van der Waals surface area contributed by atoms with Gasteiger partial charge in [-0.05, 0) is 66.3 Å². The average Bonchev–Trinajstić information content (AvgIpc) is 3.46. The van der Waals surface area contributed by atoms with Crippen LogP contribution in [-0.4, -0.2) is 39.1 Å². The maximum atomic E-state index is 13.8. The molecule has 0 atom stereocenters. The zero-order valence-corrected chi connectivity index (χ0v) is 21.3. The van der Waals surface area contributed by atoms with Gasteiger partial charge in [0.15, 0.2) is 0 Å². The van der Waals surface area contributed by atoms with Crippen molar-refractivity contribution in [3.05, 3.63) is 96.7 Å². The van der Waals surface area contributed by atoms with Crippen molar-refractivity contribution >= 4 is 22.8 Å². The Morgan fingerprint density at radius 3 is 2.42 bits per heavy atom. The number of aromatic nitrogens is 4. The van der Waals surface area contributed by atoms with Gasteiger partial charge < -0.3 is 15.0 Å². The lowest BCUT2D eigenvalue weighted by Gasteiger charge is -2.36. The van der Waals surface area contributed by atoms with Crippen LogP contribution < -0.4 is 5.32 Å². The number of aromatic amines is 1. The predicted octanol–water partition coefficient (Wildman–Crippen LogP) is 5.94. The van der Waals surface area contributed by atoms with E-state index in [9.17, 15) is 4.79 Å². The third kappa shape index (κ3) is 4.57. The van der Waals surface area contributed by atoms with Crippen molar-refractivity contribution in [1.29, 1.82) is 0 Å². The number of anilines is 1. The minimum atomic E-state index is -0.681. The van der Waals surface area contributed by atoms with E-state index in [1.807, 2.05) is 43.0 Å². The van der Waals surface area contributed by atoms with E-state index in [0.717, 1.165) is 45.3 Å². The van der Waals surface area contributed by atoms with Crippen LogP contribution in [0.4, 0.5) is 5.82 Å². The van der Waals surface area contributed by atoms with Crippen LogP contribution in [0.2, 0.25) is 0 Å². The molecule has 1 aromatic carbocycles. The van der Waals surface area contributed by atoms with E-state index in [1.54, 1.807) is 6.20 Å². The molecule has 5 aromatic rings. The summed E-state index contributed by atoms with van der Waals surface area (Å²) in [6.07, 6.45) is 11.4. The summed E-state index contributed by atoms with van der Waals surface area (Å²) in [4.78, 5) is 30.3. The minimum absolute atomic E-state index is 0.0566. The maximum Gasteiger partial charge on any atom is 0.236 e. The number of pyridine rings is 3. The number of carbonyl (C=O) groups is 1. The van der Waals surface area contributed by atoms with E-state index in [4.69, 9.17) is 4.74 Å². The zero-order valence-electron chi connectivity index (χ0n) is 21.3. The zero-order chi connectivity index (χ0) is 26.0. The fraction of sp³-hybridized carbons (Fsp3) is 0.226. The smallest absolute Gasteiger partial charge is 0.236 e. The highest BCUT2D eigenvalue weighted by Crippen LogP contribution is 2.37. The Morgan fingerprint density at radius 1 is 0.895 bits per heavy atom. The maximum absolute atomic E-state index is 13.8. The Kier molecular flexibility index (Phi) is 6.43. The lowest BCUT2D eigenvalue weighted by atomic mass is 9.73. The van der Waals surface area contributed by atoms with Gasteiger partial charge in [0.05, 0.1) is 5.41 Å². The van der Waals surface area contributed by atoms with Gasteiger partial charge in [0.2, 0.25) is 5.91 Å². The van der Waals surface area contributed by atoms with Gasteiger partial charge in [-0.25, -0.2) is 9.97 Å². The molecule has 7 nitrogen and oxygen atoms in total. The van der Waals surface area contributed by atoms with Gasteiger partial charge in [-0.3, -0.25) is 9.78 Å². The van der Waals surface area contributed by atoms with E-state index < -0.39 is 5.41 Å². The first-order chi connectivity index (χ1) is 18.6.